The number of hydrogen-bond donors (Lipinski definition) is 0. The quantitative estimate of drug-likeness (QED) is 0.583. The number of carbonyl (C=O) groups is 1. The van der Waals surface area contributed by atoms with Crippen molar-refractivity contribution in [2.45, 2.75) is 6.42 Å². The van der Waals surface area contributed by atoms with Crippen molar-refractivity contribution in [1.29, 1.82) is 0 Å². The Bertz CT molecular complexity index is 953. The monoisotopic (exact) mass is 432 g/mol. The zero-order chi connectivity index (χ0) is 18.1. The number of piperazine rings is 1. The fraction of sp³-hybridized carbons (Fsp3) is 0.294. The van der Waals surface area contributed by atoms with Gasteiger partial charge in [0.05, 0.1) is 6.42 Å². The first-order valence-electron chi connectivity index (χ1n) is 8.34. The number of hydrogen-bond acceptors (Lipinski definition) is 5. The summed E-state index contributed by atoms with van der Waals surface area (Å²) in [6, 6.07) is 9.85. The summed E-state index contributed by atoms with van der Waals surface area (Å²) in [5, 5.41) is 13.4. The maximum atomic E-state index is 12.6. The lowest BCUT2D eigenvalue weighted by Crippen LogP contribution is -2.49. The minimum absolute atomic E-state index is 0.165. The van der Waals surface area contributed by atoms with Crippen molar-refractivity contribution < 1.29 is 4.79 Å². The molecule has 2 aromatic heterocycles. The summed E-state index contributed by atoms with van der Waals surface area (Å²) >= 11 is 3.48. The summed E-state index contributed by atoms with van der Waals surface area (Å²) in [7, 11) is 2.68. The van der Waals surface area contributed by atoms with Gasteiger partial charge in [0, 0.05) is 30.7 Å². The Morgan fingerprint density at radius 2 is 1.96 bits per heavy atom. The molecular weight excluding hydrogens is 415 g/mol. The molecule has 0 radical (unpaired) electrons. The van der Waals surface area contributed by atoms with E-state index in [1.54, 1.807) is 10.8 Å². The van der Waals surface area contributed by atoms with Crippen LogP contribution < -0.4 is 10.2 Å². The van der Waals surface area contributed by atoms with E-state index in [2.05, 4.69) is 45.4 Å². The number of fused-ring (bicyclic) bond motifs is 1. The highest BCUT2D eigenvalue weighted by atomic mass is 79.9. The third kappa shape index (κ3) is 3.57. The molecule has 1 unspecified atom stereocenters. The average Bonchev–Trinajstić information content (AvgIpc) is 3.12. The molecule has 0 bridgehead atoms. The molecule has 3 heterocycles. The van der Waals surface area contributed by atoms with Crippen LogP contribution in [0.5, 0.6) is 0 Å². The van der Waals surface area contributed by atoms with Gasteiger partial charge in [-0.3, -0.25) is 4.79 Å². The molecule has 0 spiro atoms. The van der Waals surface area contributed by atoms with Gasteiger partial charge in [-0.05, 0) is 29.1 Å². The second-order valence-electron chi connectivity index (χ2n) is 6.23. The van der Waals surface area contributed by atoms with E-state index in [4.69, 9.17) is 0 Å². The summed E-state index contributed by atoms with van der Waals surface area (Å²) in [6.45, 7) is 2.93. The summed E-state index contributed by atoms with van der Waals surface area (Å²) in [5.41, 5.74) is 1.76. The Morgan fingerprint density at radius 1 is 1.15 bits per heavy atom. The van der Waals surface area contributed by atoms with Gasteiger partial charge in [-0.1, -0.05) is 28.1 Å². The highest BCUT2D eigenvalue weighted by molar-refractivity contribution is 9.10. The summed E-state index contributed by atoms with van der Waals surface area (Å²) in [6.07, 6.45) is 2.02. The lowest BCUT2D eigenvalue weighted by atomic mass is 10.1. The molecule has 9 heteroatoms. The first-order valence-corrected chi connectivity index (χ1v) is 9.71. The zero-order valence-electron chi connectivity index (χ0n) is 14.0. The molecule has 0 saturated carbocycles. The standard InChI is InChI=1S/C17H18BrN6OP/c18-13-2-1-12(9-14(13)26)10-17(25)23-7-5-22(6-8-23)16-4-3-15-20-19-11-24(15)21-16/h1-4,9,11H,5-8,10,26H2. The van der Waals surface area contributed by atoms with Crippen molar-refractivity contribution in [2.24, 2.45) is 0 Å². The van der Waals surface area contributed by atoms with Crippen LogP contribution in [-0.2, 0) is 11.2 Å². The van der Waals surface area contributed by atoms with Crippen LogP contribution in [-0.4, -0.2) is 56.8 Å². The van der Waals surface area contributed by atoms with Crippen LogP contribution in [0.25, 0.3) is 5.65 Å². The molecular formula is C17H18BrN6OP. The summed E-state index contributed by atoms with van der Waals surface area (Å²) in [5.74, 6) is 1.04. The van der Waals surface area contributed by atoms with Gasteiger partial charge in [-0.15, -0.1) is 24.5 Å². The first kappa shape index (κ1) is 17.4. The van der Waals surface area contributed by atoms with Crippen LogP contribution in [0.2, 0.25) is 0 Å². The van der Waals surface area contributed by atoms with Crippen LogP contribution in [0.15, 0.2) is 41.1 Å². The van der Waals surface area contributed by atoms with Crippen LogP contribution in [0, 0.1) is 0 Å². The largest absolute Gasteiger partial charge is 0.352 e. The van der Waals surface area contributed by atoms with Crippen molar-refractivity contribution >= 4 is 47.8 Å². The SMILES string of the molecule is O=C(Cc1ccc(Br)c(P)c1)N1CCN(c2ccc3nncn3n2)CC1. The molecule has 0 N–H and O–H groups in total. The number of halogens is 1. The maximum Gasteiger partial charge on any atom is 0.227 e. The highest BCUT2D eigenvalue weighted by Crippen LogP contribution is 2.16. The Balaban J connectivity index is 1.37. The van der Waals surface area contributed by atoms with Gasteiger partial charge in [-0.25, -0.2) is 0 Å². The Kier molecular flexibility index (Phi) is 4.87. The van der Waals surface area contributed by atoms with Crippen molar-refractivity contribution in [2.75, 3.05) is 31.1 Å². The van der Waals surface area contributed by atoms with Crippen molar-refractivity contribution in [3.63, 3.8) is 0 Å². The second-order valence-corrected chi connectivity index (χ2v) is 7.70. The molecule has 1 atom stereocenters. The summed E-state index contributed by atoms with van der Waals surface area (Å²) < 4.78 is 2.70. The minimum Gasteiger partial charge on any atom is -0.352 e. The molecule has 0 aliphatic carbocycles. The van der Waals surface area contributed by atoms with Gasteiger partial charge in [-0.2, -0.15) is 4.52 Å². The van der Waals surface area contributed by atoms with E-state index in [0.717, 1.165) is 39.9 Å². The fourth-order valence-corrected chi connectivity index (χ4v) is 3.62. The molecule has 1 fully saturated rings. The number of amides is 1. The van der Waals surface area contributed by atoms with E-state index in [1.165, 1.54) is 0 Å². The number of benzene rings is 1. The van der Waals surface area contributed by atoms with Crippen LogP contribution in [0.1, 0.15) is 5.56 Å². The number of rotatable bonds is 3. The smallest absolute Gasteiger partial charge is 0.227 e. The van der Waals surface area contributed by atoms with Gasteiger partial charge in [0.15, 0.2) is 5.65 Å². The first-order chi connectivity index (χ1) is 12.6. The van der Waals surface area contributed by atoms with Crippen molar-refractivity contribution in [1.82, 2.24) is 24.7 Å². The molecule has 1 saturated heterocycles. The molecule has 134 valence electrons. The Labute approximate surface area is 161 Å². The highest BCUT2D eigenvalue weighted by Gasteiger charge is 2.22. The molecule has 26 heavy (non-hydrogen) atoms. The van der Waals surface area contributed by atoms with E-state index in [-0.39, 0.29) is 5.91 Å². The molecule has 4 rings (SSSR count). The van der Waals surface area contributed by atoms with Gasteiger partial charge in [0.2, 0.25) is 5.91 Å². The van der Waals surface area contributed by atoms with Crippen LogP contribution in [0.4, 0.5) is 5.82 Å². The molecule has 7 nitrogen and oxygen atoms in total. The van der Waals surface area contributed by atoms with Gasteiger partial charge >= 0.3 is 0 Å². The van der Waals surface area contributed by atoms with Gasteiger partial charge in [0.1, 0.15) is 12.1 Å². The lowest BCUT2D eigenvalue weighted by Gasteiger charge is -2.35. The zero-order valence-corrected chi connectivity index (χ0v) is 16.8. The van der Waals surface area contributed by atoms with E-state index < -0.39 is 0 Å². The predicted octanol–water partition coefficient (Wildman–Crippen LogP) is 1.28. The topological polar surface area (TPSA) is 66.6 Å². The molecule has 1 amide bonds. The van der Waals surface area contributed by atoms with Crippen molar-refractivity contribution in [3.8, 4) is 0 Å². The lowest BCUT2D eigenvalue weighted by molar-refractivity contribution is -0.130. The number of aromatic nitrogens is 4. The second kappa shape index (κ2) is 7.29. The van der Waals surface area contributed by atoms with E-state index in [0.29, 0.717) is 19.5 Å². The predicted molar refractivity (Wildman–Crippen MR) is 107 cm³/mol. The third-order valence-corrected chi connectivity index (χ3v) is 6.14. The summed E-state index contributed by atoms with van der Waals surface area (Å²) in [4.78, 5) is 16.7. The van der Waals surface area contributed by atoms with Gasteiger partial charge in [0.25, 0.3) is 0 Å². The van der Waals surface area contributed by atoms with Crippen LogP contribution in [0.3, 0.4) is 0 Å². The Morgan fingerprint density at radius 3 is 2.73 bits per heavy atom. The minimum atomic E-state index is 0.165. The van der Waals surface area contributed by atoms with Gasteiger partial charge < -0.3 is 9.80 Å². The number of anilines is 1. The van der Waals surface area contributed by atoms with Crippen LogP contribution >= 0.6 is 25.2 Å². The van der Waals surface area contributed by atoms with E-state index >= 15 is 0 Å². The molecule has 1 aromatic carbocycles. The molecule has 1 aliphatic rings. The molecule has 1 aliphatic heterocycles. The average molecular weight is 433 g/mol. The maximum absolute atomic E-state index is 12.6. The number of nitrogens with zero attached hydrogens (tertiary/aromatic N) is 6. The fourth-order valence-electron chi connectivity index (χ4n) is 3.06. The normalized spacial score (nSPS) is 14.8. The third-order valence-electron chi connectivity index (χ3n) is 4.52. The van der Waals surface area contributed by atoms with Crippen molar-refractivity contribution in [3.05, 3.63) is 46.7 Å². The number of carbonyl (C=O) groups excluding carboxylic acids is 1. The Hall–Kier alpha value is -2.05. The van der Waals surface area contributed by atoms with E-state index in [1.807, 2.05) is 35.2 Å². The van der Waals surface area contributed by atoms with E-state index in [9.17, 15) is 4.79 Å². The molecule has 3 aromatic rings.